The number of benzene rings is 2. The van der Waals surface area contributed by atoms with E-state index in [4.69, 9.17) is 15.2 Å². The van der Waals surface area contributed by atoms with E-state index in [0.29, 0.717) is 11.5 Å². The fourth-order valence-electron chi connectivity index (χ4n) is 2.11. The minimum absolute atomic E-state index is 0.153. The van der Waals surface area contributed by atoms with E-state index in [1.165, 1.54) is 13.2 Å². The van der Waals surface area contributed by atoms with E-state index in [-0.39, 0.29) is 12.5 Å². The average molecular weight is 340 g/mol. The van der Waals surface area contributed by atoms with E-state index in [2.05, 4.69) is 0 Å². The summed E-state index contributed by atoms with van der Waals surface area (Å²) in [4.78, 5) is 24.6. The second kappa shape index (κ2) is 8.54. The Balaban J connectivity index is 2.09. The van der Waals surface area contributed by atoms with E-state index >= 15 is 0 Å². The van der Waals surface area contributed by atoms with Gasteiger partial charge in [-0.2, -0.15) is 0 Å². The number of ether oxygens (including phenoxy) is 2. The third kappa shape index (κ3) is 5.10. The van der Waals surface area contributed by atoms with Crippen molar-refractivity contribution in [2.24, 2.45) is 5.73 Å². The van der Waals surface area contributed by atoms with Gasteiger partial charge in [-0.15, -0.1) is 0 Å². The van der Waals surface area contributed by atoms with Gasteiger partial charge in [0.25, 0.3) is 11.8 Å². The van der Waals surface area contributed by atoms with Crippen molar-refractivity contribution in [2.75, 3.05) is 25.7 Å². The van der Waals surface area contributed by atoms with E-state index in [1.807, 2.05) is 30.3 Å². The summed E-state index contributed by atoms with van der Waals surface area (Å²) in [5.41, 5.74) is 6.63. The van der Waals surface area contributed by atoms with Crippen molar-refractivity contribution in [3.05, 3.63) is 60.2 Å². The number of hydrogen-bond acceptors (Lipinski definition) is 4. The molecule has 0 radical (unpaired) electrons. The molecule has 2 N–H and O–H groups in total. The van der Waals surface area contributed by atoms with Gasteiger partial charge < -0.3 is 20.1 Å². The van der Waals surface area contributed by atoms with Crippen LogP contribution in [0.5, 0.6) is 11.5 Å². The maximum atomic E-state index is 12.2. The van der Waals surface area contributed by atoms with Crippen LogP contribution in [0.25, 0.3) is 6.08 Å². The van der Waals surface area contributed by atoms with Crippen LogP contribution < -0.4 is 20.1 Å². The summed E-state index contributed by atoms with van der Waals surface area (Å²) in [6.07, 6.45) is 3.16. The van der Waals surface area contributed by atoms with E-state index in [9.17, 15) is 9.59 Å². The normalized spacial score (nSPS) is 10.5. The van der Waals surface area contributed by atoms with Crippen molar-refractivity contribution in [3.8, 4) is 11.5 Å². The zero-order valence-corrected chi connectivity index (χ0v) is 14.1. The predicted molar refractivity (Wildman–Crippen MR) is 96.6 cm³/mol. The average Bonchev–Trinajstić information content (AvgIpc) is 2.64. The Bertz CT molecular complexity index is 772. The zero-order chi connectivity index (χ0) is 18.2. The minimum Gasteiger partial charge on any atom is -0.493 e. The number of anilines is 1. The lowest BCUT2D eigenvalue weighted by Gasteiger charge is -2.14. The van der Waals surface area contributed by atoms with Gasteiger partial charge in [-0.3, -0.25) is 9.59 Å². The van der Waals surface area contributed by atoms with Crippen LogP contribution in [-0.2, 0) is 9.59 Å². The highest BCUT2D eigenvalue weighted by Gasteiger charge is 2.08. The first-order valence-corrected chi connectivity index (χ1v) is 7.61. The summed E-state index contributed by atoms with van der Waals surface area (Å²) in [5.74, 6) is 0.137. The topological polar surface area (TPSA) is 81.9 Å². The van der Waals surface area contributed by atoms with Crippen molar-refractivity contribution >= 4 is 23.6 Å². The third-order valence-electron chi connectivity index (χ3n) is 3.45. The lowest BCUT2D eigenvalue weighted by atomic mass is 10.2. The third-order valence-corrected chi connectivity index (χ3v) is 3.45. The molecule has 0 atom stereocenters. The Labute approximate surface area is 146 Å². The summed E-state index contributed by atoms with van der Waals surface area (Å²) < 4.78 is 10.5. The molecule has 0 aliphatic carbocycles. The zero-order valence-electron chi connectivity index (χ0n) is 14.1. The molecule has 2 amide bonds. The van der Waals surface area contributed by atoms with Gasteiger partial charge in [0.1, 0.15) is 0 Å². The molecule has 0 aliphatic heterocycles. The Morgan fingerprint density at radius 2 is 1.84 bits per heavy atom. The highest BCUT2D eigenvalue weighted by molar-refractivity contribution is 6.03. The molecule has 0 heterocycles. The van der Waals surface area contributed by atoms with E-state index < -0.39 is 5.91 Å². The van der Waals surface area contributed by atoms with Gasteiger partial charge in [-0.05, 0) is 35.9 Å². The molecular weight excluding hydrogens is 320 g/mol. The van der Waals surface area contributed by atoms with Crippen molar-refractivity contribution < 1.29 is 19.1 Å². The number of nitrogens with zero attached hydrogens (tertiary/aromatic N) is 1. The number of carbonyl (C=O) groups excluding carboxylic acids is 2. The van der Waals surface area contributed by atoms with Crippen molar-refractivity contribution in [1.82, 2.24) is 0 Å². The van der Waals surface area contributed by atoms with Gasteiger partial charge in [0, 0.05) is 18.8 Å². The molecule has 6 nitrogen and oxygen atoms in total. The summed E-state index contributed by atoms with van der Waals surface area (Å²) in [6, 6.07) is 14.5. The molecule has 0 unspecified atom stereocenters. The Kier molecular flexibility index (Phi) is 6.17. The number of hydrogen-bond donors (Lipinski definition) is 1. The van der Waals surface area contributed by atoms with Crippen LogP contribution in [0.2, 0.25) is 0 Å². The first kappa shape index (κ1) is 18.1. The molecule has 0 aliphatic rings. The smallest absolute Gasteiger partial charge is 0.255 e. The quantitative estimate of drug-likeness (QED) is 0.784. The molecule has 0 saturated heterocycles. The molecule has 0 fully saturated rings. The molecular formula is C19H20N2O4. The van der Waals surface area contributed by atoms with Crippen molar-refractivity contribution in [1.29, 1.82) is 0 Å². The highest BCUT2D eigenvalue weighted by Crippen LogP contribution is 2.28. The fourth-order valence-corrected chi connectivity index (χ4v) is 2.11. The lowest BCUT2D eigenvalue weighted by molar-refractivity contribution is -0.120. The number of nitrogens with two attached hydrogens (primary N) is 1. The Morgan fingerprint density at radius 3 is 2.48 bits per heavy atom. The molecule has 0 bridgehead atoms. The second-order valence-corrected chi connectivity index (χ2v) is 5.23. The number of primary amides is 1. The predicted octanol–water partition coefficient (Wildman–Crippen LogP) is 2.24. The van der Waals surface area contributed by atoms with Crippen LogP contribution in [0, 0.1) is 0 Å². The van der Waals surface area contributed by atoms with Gasteiger partial charge in [0.05, 0.1) is 7.11 Å². The minimum atomic E-state index is -0.569. The molecule has 25 heavy (non-hydrogen) atoms. The number of carbonyl (C=O) groups is 2. The molecule has 2 aromatic carbocycles. The largest absolute Gasteiger partial charge is 0.493 e. The summed E-state index contributed by atoms with van der Waals surface area (Å²) in [7, 11) is 3.21. The van der Waals surface area contributed by atoms with Gasteiger partial charge in [-0.25, -0.2) is 0 Å². The van der Waals surface area contributed by atoms with E-state index in [0.717, 1.165) is 11.3 Å². The molecule has 0 aromatic heterocycles. The maximum absolute atomic E-state index is 12.2. The fraction of sp³-hybridized carbons (Fsp3) is 0.158. The summed E-state index contributed by atoms with van der Waals surface area (Å²) in [6.45, 7) is -0.230. The molecule has 0 saturated carbocycles. The maximum Gasteiger partial charge on any atom is 0.255 e. The summed E-state index contributed by atoms with van der Waals surface area (Å²) >= 11 is 0. The molecule has 6 heteroatoms. The SMILES string of the molecule is COc1cc(/C=C/C(=O)N(C)c2ccccc2)ccc1OCC(N)=O. The first-order chi connectivity index (χ1) is 12.0. The van der Waals surface area contributed by atoms with E-state index in [1.54, 1.807) is 36.2 Å². The second-order valence-electron chi connectivity index (χ2n) is 5.23. The van der Waals surface area contributed by atoms with Crippen LogP contribution in [0.15, 0.2) is 54.6 Å². The van der Waals surface area contributed by atoms with Crippen molar-refractivity contribution in [2.45, 2.75) is 0 Å². The van der Waals surface area contributed by atoms with Crippen LogP contribution in [-0.4, -0.2) is 32.6 Å². The number of likely N-dealkylation sites (N-methyl/N-ethyl adjacent to an activating group) is 1. The standard InChI is InChI=1S/C19H20N2O4/c1-21(15-6-4-3-5-7-15)19(23)11-9-14-8-10-16(17(12-14)24-2)25-13-18(20)22/h3-12H,13H2,1-2H3,(H2,20,22)/b11-9+. The number of rotatable bonds is 7. The van der Waals surface area contributed by atoms with Crippen LogP contribution in [0.3, 0.4) is 0 Å². The number of methoxy groups -OCH3 is 1. The van der Waals surface area contributed by atoms with Gasteiger partial charge in [0.2, 0.25) is 0 Å². The lowest BCUT2D eigenvalue weighted by Crippen LogP contribution is -2.23. The first-order valence-electron chi connectivity index (χ1n) is 7.61. The van der Waals surface area contributed by atoms with Crippen LogP contribution >= 0.6 is 0 Å². The molecule has 0 spiro atoms. The van der Waals surface area contributed by atoms with Gasteiger partial charge in [-0.1, -0.05) is 24.3 Å². The molecule has 130 valence electrons. The Morgan fingerprint density at radius 1 is 1.12 bits per heavy atom. The molecule has 2 rings (SSSR count). The van der Waals surface area contributed by atoms with Gasteiger partial charge in [0.15, 0.2) is 18.1 Å². The monoisotopic (exact) mass is 340 g/mol. The number of para-hydroxylation sites is 1. The summed E-state index contributed by atoms with van der Waals surface area (Å²) in [5, 5.41) is 0. The number of amides is 2. The Hall–Kier alpha value is -3.28. The van der Waals surface area contributed by atoms with Crippen LogP contribution in [0.1, 0.15) is 5.56 Å². The molecule has 2 aromatic rings. The van der Waals surface area contributed by atoms with Crippen LogP contribution in [0.4, 0.5) is 5.69 Å². The van der Waals surface area contributed by atoms with Gasteiger partial charge >= 0.3 is 0 Å². The highest BCUT2D eigenvalue weighted by atomic mass is 16.5. The van der Waals surface area contributed by atoms with Crippen molar-refractivity contribution in [3.63, 3.8) is 0 Å².